The predicted molar refractivity (Wildman–Crippen MR) is 70.4 cm³/mol. The first-order chi connectivity index (χ1) is 8.66. The highest BCUT2D eigenvalue weighted by molar-refractivity contribution is 6.17. The lowest BCUT2D eigenvalue weighted by Crippen LogP contribution is -2.15. The van der Waals surface area contributed by atoms with Gasteiger partial charge in [0.25, 0.3) is 0 Å². The summed E-state index contributed by atoms with van der Waals surface area (Å²) in [5, 5.41) is 8.84. The van der Waals surface area contributed by atoms with E-state index in [1.54, 1.807) is 6.20 Å². The third-order valence-electron chi connectivity index (χ3n) is 3.62. The van der Waals surface area contributed by atoms with Crippen LogP contribution in [0.25, 0.3) is 11.1 Å². The van der Waals surface area contributed by atoms with Crippen molar-refractivity contribution in [1.29, 1.82) is 0 Å². The van der Waals surface area contributed by atoms with E-state index in [2.05, 4.69) is 31.0 Å². The highest BCUT2D eigenvalue weighted by Crippen LogP contribution is 2.51. The molecule has 2 aromatic rings. The van der Waals surface area contributed by atoms with Crippen LogP contribution in [0.15, 0.2) is 36.5 Å². The monoisotopic (exact) mass is 238 g/mol. The van der Waals surface area contributed by atoms with Gasteiger partial charge in [-0.3, -0.25) is 0 Å². The Hall–Kier alpha value is -1.81. The smallest absolute Gasteiger partial charge is 0.523 e. The molecule has 0 atom stereocenters. The Morgan fingerprint density at radius 2 is 1.94 bits per heavy atom. The molecule has 0 amide bonds. The van der Waals surface area contributed by atoms with Crippen LogP contribution < -0.4 is 4.65 Å². The molecule has 0 saturated carbocycles. The van der Waals surface area contributed by atoms with Crippen molar-refractivity contribution in [3.8, 4) is 17.0 Å². The minimum absolute atomic E-state index is 0.0670. The molecule has 89 valence electrons. The van der Waals surface area contributed by atoms with Crippen molar-refractivity contribution < 1.29 is 9.68 Å². The molecule has 3 nitrogen and oxygen atoms in total. The van der Waals surface area contributed by atoms with Gasteiger partial charge in [-0.2, -0.15) is 0 Å². The molecule has 1 aromatic carbocycles. The first kappa shape index (κ1) is 11.3. The van der Waals surface area contributed by atoms with Gasteiger partial charge >= 0.3 is 7.69 Å². The van der Waals surface area contributed by atoms with Crippen LogP contribution in [0.4, 0.5) is 0 Å². The van der Waals surface area contributed by atoms with Gasteiger partial charge < -0.3 is 9.68 Å². The number of benzene rings is 1. The summed E-state index contributed by atoms with van der Waals surface area (Å²) in [6, 6.07) is 10.2. The van der Waals surface area contributed by atoms with Crippen LogP contribution in [-0.4, -0.2) is 17.7 Å². The van der Waals surface area contributed by atoms with Crippen LogP contribution in [0.3, 0.4) is 0 Å². The van der Waals surface area contributed by atoms with Gasteiger partial charge in [0.05, 0.1) is 0 Å². The van der Waals surface area contributed by atoms with Gasteiger partial charge in [-0.15, -0.1) is 0 Å². The van der Waals surface area contributed by atoms with Gasteiger partial charge in [-0.05, 0) is 22.8 Å². The molecule has 0 fully saturated rings. The van der Waals surface area contributed by atoms with E-state index in [0.29, 0.717) is 13.6 Å². The number of rotatable bonds is 2. The van der Waals surface area contributed by atoms with Gasteiger partial charge in [0.2, 0.25) is 5.88 Å². The van der Waals surface area contributed by atoms with Crippen molar-refractivity contribution in [1.82, 2.24) is 4.98 Å². The van der Waals surface area contributed by atoms with E-state index < -0.39 is 0 Å². The molecule has 1 heterocycles. The molecule has 1 radical (unpaired) electrons. The molecule has 0 aliphatic heterocycles. The summed E-state index contributed by atoms with van der Waals surface area (Å²) < 4.78 is 5.12. The van der Waals surface area contributed by atoms with E-state index in [0.717, 1.165) is 11.1 Å². The average Bonchev–Trinajstić information content (AvgIpc) is 2.61. The highest BCUT2D eigenvalue weighted by atomic mass is 16.5. The van der Waals surface area contributed by atoms with E-state index in [9.17, 15) is 0 Å². The Kier molecular flexibility index (Phi) is 2.42. The number of nitrogens with zero attached hydrogens (tertiary/aromatic N) is 1. The fourth-order valence-corrected chi connectivity index (χ4v) is 2.75. The molecule has 4 heteroatoms. The molecule has 0 spiro atoms. The molecule has 0 unspecified atom stereocenters. The largest absolute Gasteiger partial charge is 0.570 e. The van der Waals surface area contributed by atoms with Crippen molar-refractivity contribution >= 4 is 7.69 Å². The fourth-order valence-electron chi connectivity index (χ4n) is 2.75. The molecule has 0 saturated heterocycles. The predicted octanol–water partition coefficient (Wildman–Crippen LogP) is 2.29. The number of aromatic nitrogens is 1. The molecule has 0 bridgehead atoms. The maximum atomic E-state index is 8.84. The number of fused-ring (bicyclic) bond motifs is 3. The molecular formula is C14H13BNO2. The summed E-state index contributed by atoms with van der Waals surface area (Å²) in [5.74, 6) is 0.452. The van der Waals surface area contributed by atoms with E-state index in [1.807, 2.05) is 18.2 Å². The summed E-state index contributed by atoms with van der Waals surface area (Å²) in [4.78, 5) is 4.19. The van der Waals surface area contributed by atoms with Crippen molar-refractivity contribution in [2.45, 2.75) is 19.3 Å². The van der Waals surface area contributed by atoms with Crippen LogP contribution in [0.5, 0.6) is 5.88 Å². The standard InChI is InChI=1S/C14H13BNO2/c1-14(2)10-6-4-3-5-9(10)12-11(14)7-8-16-13(12)18-15-17/h3-8,17H,1-2H3. The van der Waals surface area contributed by atoms with Crippen molar-refractivity contribution in [2.75, 3.05) is 0 Å². The Morgan fingerprint density at radius 3 is 2.72 bits per heavy atom. The van der Waals surface area contributed by atoms with Gasteiger partial charge in [0.1, 0.15) is 0 Å². The molecule has 1 N–H and O–H groups in total. The quantitative estimate of drug-likeness (QED) is 0.816. The zero-order valence-electron chi connectivity index (χ0n) is 10.3. The first-order valence-corrected chi connectivity index (χ1v) is 5.88. The molecule has 18 heavy (non-hydrogen) atoms. The van der Waals surface area contributed by atoms with E-state index in [1.165, 1.54) is 11.1 Å². The maximum absolute atomic E-state index is 8.84. The molecule has 1 aromatic heterocycles. The van der Waals surface area contributed by atoms with Gasteiger partial charge in [0, 0.05) is 17.2 Å². The second-order valence-electron chi connectivity index (χ2n) is 4.93. The highest BCUT2D eigenvalue weighted by Gasteiger charge is 2.37. The number of hydrogen-bond acceptors (Lipinski definition) is 3. The summed E-state index contributed by atoms with van der Waals surface area (Å²) in [6.45, 7) is 4.37. The summed E-state index contributed by atoms with van der Waals surface area (Å²) in [5.41, 5.74) is 4.47. The summed E-state index contributed by atoms with van der Waals surface area (Å²) in [7, 11) is 0.677. The van der Waals surface area contributed by atoms with Gasteiger partial charge in [-0.1, -0.05) is 38.1 Å². The lowest BCUT2D eigenvalue weighted by molar-refractivity contribution is 0.443. The maximum Gasteiger partial charge on any atom is 0.570 e. The van der Waals surface area contributed by atoms with Crippen LogP contribution in [0, 0.1) is 0 Å². The summed E-state index contributed by atoms with van der Waals surface area (Å²) in [6.07, 6.45) is 1.71. The minimum atomic E-state index is -0.0670. The second-order valence-corrected chi connectivity index (χ2v) is 4.93. The normalized spacial score (nSPS) is 14.8. The zero-order valence-corrected chi connectivity index (χ0v) is 10.3. The van der Waals surface area contributed by atoms with E-state index in [4.69, 9.17) is 9.68 Å². The fraction of sp³-hybridized carbons (Fsp3) is 0.214. The topological polar surface area (TPSA) is 42.4 Å². The van der Waals surface area contributed by atoms with Gasteiger partial charge in [0.15, 0.2) is 0 Å². The van der Waals surface area contributed by atoms with Crippen LogP contribution >= 0.6 is 0 Å². The molecule has 1 aliphatic rings. The van der Waals surface area contributed by atoms with E-state index in [-0.39, 0.29) is 5.41 Å². The Bertz CT molecular complexity index is 610. The Labute approximate surface area is 107 Å². The lowest BCUT2D eigenvalue weighted by Gasteiger charge is -2.21. The van der Waals surface area contributed by atoms with Crippen molar-refractivity contribution in [3.63, 3.8) is 0 Å². The Morgan fingerprint density at radius 1 is 1.17 bits per heavy atom. The Balaban J connectivity index is 2.33. The van der Waals surface area contributed by atoms with E-state index >= 15 is 0 Å². The second kappa shape index (κ2) is 3.85. The van der Waals surface area contributed by atoms with Crippen molar-refractivity contribution in [2.24, 2.45) is 0 Å². The van der Waals surface area contributed by atoms with Gasteiger partial charge in [-0.25, -0.2) is 4.98 Å². The average molecular weight is 238 g/mol. The molecule has 3 rings (SSSR count). The number of pyridine rings is 1. The van der Waals surface area contributed by atoms with Crippen molar-refractivity contribution in [3.05, 3.63) is 47.7 Å². The zero-order chi connectivity index (χ0) is 12.8. The first-order valence-electron chi connectivity index (χ1n) is 5.88. The lowest BCUT2D eigenvalue weighted by atomic mass is 9.83. The SMILES string of the molecule is CC1(C)c2ccccc2-c2c1ccnc2O[B]O. The summed E-state index contributed by atoms with van der Waals surface area (Å²) >= 11 is 0. The third-order valence-corrected chi connectivity index (χ3v) is 3.62. The van der Waals surface area contributed by atoms with Crippen LogP contribution in [0.1, 0.15) is 25.0 Å². The molecule has 1 aliphatic carbocycles. The van der Waals surface area contributed by atoms with Crippen LogP contribution in [0.2, 0.25) is 0 Å². The van der Waals surface area contributed by atoms with Crippen LogP contribution in [-0.2, 0) is 5.41 Å². The third kappa shape index (κ3) is 1.39. The minimum Gasteiger partial charge on any atom is -0.523 e. The number of hydrogen-bond donors (Lipinski definition) is 1. The molecular weight excluding hydrogens is 225 g/mol.